The van der Waals surface area contributed by atoms with E-state index in [1.807, 2.05) is 24.0 Å². The molecule has 3 heterocycles. The number of amides is 1. The fourth-order valence-corrected chi connectivity index (χ4v) is 4.81. The molecule has 2 aromatic heterocycles. The number of rotatable bonds is 7. The Labute approximate surface area is 231 Å². The number of aromatic nitrogens is 4. The number of aromatic hydroxyl groups is 1. The van der Waals surface area contributed by atoms with E-state index in [2.05, 4.69) is 5.32 Å². The number of carbonyl (C=O) groups is 2. The number of alkyl carbamates (subject to hydrolysis) is 1. The molecule has 1 amide bonds. The number of hydrogen-bond acceptors (Lipinski definition) is 8. The number of ether oxygens (including phenoxy) is 1. The standard InChI is InChI=1S/C28H36N6O6/c1-6-7-15-33-22-23(30-25(33)32-14-10-11-18(16-32)29-26(38)40-28(2,3)4)31(5)27(39)34(24(22)37)17-21(36)19-12-8-9-13-20(19)35/h6-9,12-13,18,35H,10-11,14-17H2,1-5H3,(H,29,38)/b7-6+. The van der Waals surface area contributed by atoms with Crippen molar-refractivity contribution in [3.8, 4) is 5.75 Å². The highest BCUT2D eigenvalue weighted by Crippen LogP contribution is 2.24. The van der Waals surface area contributed by atoms with Crippen LogP contribution in [-0.4, -0.2) is 60.4 Å². The third-order valence-electron chi connectivity index (χ3n) is 6.67. The Bertz CT molecular complexity index is 1570. The van der Waals surface area contributed by atoms with Crippen LogP contribution in [0.1, 0.15) is 50.9 Å². The zero-order valence-electron chi connectivity index (χ0n) is 23.5. The van der Waals surface area contributed by atoms with Crippen LogP contribution in [0.25, 0.3) is 11.2 Å². The summed E-state index contributed by atoms with van der Waals surface area (Å²) in [7, 11) is 1.50. The van der Waals surface area contributed by atoms with E-state index < -0.39 is 35.3 Å². The summed E-state index contributed by atoms with van der Waals surface area (Å²) in [6.07, 6.45) is 4.74. The highest BCUT2D eigenvalue weighted by Gasteiger charge is 2.29. The quantitative estimate of drug-likeness (QED) is 0.337. The summed E-state index contributed by atoms with van der Waals surface area (Å²) in [4.78, 5) is 59.0. The first kappa shape index (κ1) is 28.7. The lowest BCUT2D eigenvalue weighted by atomic mass is 10.1. The van der Waals surface area contributed by atoms with Crippen LogP contribution >= 0.6 is 0 Å². The van der Waals surface area contributed by atoms with Gasteiger partial charge in [-0.3, -0.25) is 18.7 Å². The van der Waals surface area contributed by atoms with Crippen molar-refractivity contribution in [2.45, 2.75) is 65.3 Å². The molecule has 12 heteroatoms. The van der Waals surface area contributed by atoms with E-state index in [9.17, 15) is 24.3 Å². The Balaban J connectivity index is 1.74. The van der Waals surface area contributed by atoms with Crippen molar-refractivity contribution in [1.29, 1.82) is 0 Å². The van der Waals surface area contributed by atoms with Crippen molar-refractivity contribution in [3.05, 3.63) is 62.8 Å². The first-order valence-electron chi connectivity index (χ1n) is 13.3. The molecule has 1 saturated heterocycles. The summed E-state index contributed by atoms with van der Waals surface area (Å²) in [5.41, 5.74) is -1.55. The van der Waals surface area contributed by atoms with E-state index in [0.717, 1.165) is 17.4 Å². The molecule has 0 aliphatic carbocycles. The number of carbonyl (C=O) groups excluding carboxylic acids is 2. The van der Waals surface area contributed by atoms with Gasteiger partial charge in [-0.1, -0.05) is 24.3 Å². The van der Waals surface area contributed by atoms with Gasteiger partial charge in [-0.25, -0.2) is 9.59 Å². The summed E-state index contributed by atoms with van der Waals surface area (Å²) in [5, 5.41) is 13.0. The Morgan fingerprint density at radius 1 is 1.20 bits per heavy atom. The number of aryl methyl sites for hydroxylation is 1. The Kier molecular flexibility index (Phi) is 8.17. The molecule has 1 aliphatic heterocycles. The number of benzene rings is 1. The lowest BCUT2D eigenvalue weighted by Crippen LogP contribution is -2.49. The number of Topliss-reactive ketones (excluding diaryl/α,β-unsaturated/α-hetero) is 1. The molecule has 3 aromatic rings. The van der Waals surface area contributed by atoms with Crippen LogP contribution in [0.3, 0.4) is 0 Å². The van der Waals surface area contributed by atoms with Gasteiger partial charge in [0.25, 0.3) is 5.56 Å². The molecule has 12 nitrogen and oxygen atoms in total. The fraction of sp³-hybridized carbons (Fsp3) is 0.464. The van der Waals surface area contributed by atoms with Gasteiger partial charge in [0.2, 0.25) is 5.95 Å². The normalized spacial score (nSPS) is 16.0. The van der Waals surface area contributed by atoms with Crippen LogP contribution < -0.4 is 21.5 Å². The average Bonchev–Trinajstić information content (AvgIpc) is 3.27. The first-order chi connectivity index (χ1) is 18.9. The predicted molar refractivity (Wildman–Crippen MR) is 151 cm³/mol. The molecule has 4 rings (SSSR count). The van der Waals surface area contributed by atoms with E-state index in [-0.39, 0.29) is 28.5 Å². The molecule has 0 saturated carbocycles. The van der Waals surface area contributed by atoms with Crippen molar-refractivity contribution in [2.75, 3.05) is 18.0 Å². The second-order valence-corrected chi connectivity index (χ2v) is 10.9. The van der Waals surface area contributed by atoms with Crippen molar-refractivity contribution in [1.82, 2.24) is 24.0 Å². The van der Waals surface area contributed by atoms with Gasteiger partial charge in [-0.2, -0.15) is 4.98 Å². The second kappa shape index (κ2) is 11.4. The molecule has 1 unspecified atom stereocenters. The first-order valence-corrected chi connectivity index (χ1v) is 13.3. The Hall–Kier alpha value is -4.35. The lowest BCUT2D eigenvalue weighted by molar-refractivity contribution is 0.0499. The summed E-state index contributed by atoms with van der Waals surface area (Å²) in [6, 6.07) is 5.80. The smallest absolute Gasteiger partial charge is 0.407 e. The van der Waals surface area contributed by atoms with Crippen LogP contribution in [-0.2, 0) is 24.9 Å². The third kappa shape index (κ3) is 5.95. The molecular formula is C28H36N6O6. The topological polar surface area (TPSA) is 141 Å². The van der Waals surface area contributed by atoms with Gasteiger partial charge in [0.15, 0.2) is 16.9 Å². The molecule has 1 aliphatic rings. The number of ketones is 1. The van der Waals surface area contributed by atoms with Gasteiger partial charge in [-0.15, -0.1) is 0 Å². The van der Waals surface area contributed by atoms with E-state index in [0.29, 0.717) is 25.6 Å². The Morgan fingerprint density at radius 2 is 1.93 bits per heavy atom. The van der Waals surface area contributed by atoms with Crippen LogP contribution in [0, 0.1) is 0 Å². The van der Waals surface area contributed by atoms with Crippen LogP contribution in [0.2, 0.25) is 0 Å². The number of phenols is 1. The SMILES string of the molecule is C/C=C/Cn1c(N2CCCC(NC(=O)OC(C)(C)C)C2)nc2c1c(=O)n(CC(=O)c1ccccc1O)c(=O)n2C. The molecule has 0 spiro atoms. The minimum Gasteiger partial charge on any atom is -0.507 e. The number of hydrogen-bond donors (Lipinski definition) is 2. The summed E-state index contributed by atoms with van der Waals surface area (Å²) < 4.78 is 9.27. The van der Waals surface area contributed by atoms with Crippen molar-refractivity contribution in [3.63, 3.8) is 0 Å². The van der Waals surface area contributed by atoms with Crippen LogP contribution in [0.15, 0.2) is 46.0 Å². The van der Waals surface area contributed by atoms with Crippen molar-refractivity contribution in [2.24, 2.45) is 7.05 Å². The zero-order valence-corrected chi connectivity index (χ0v) is 23.5. The molecule has 1 atom stereocenters. The molecule has 2 N–H and O–H groups in total. The molecule has 0 radical (unpaired) electrons. The zero-order chi connectivity index (χ0) is 29.2. The number of piperidine rings is 1. The average molecular weight is 553 g/mol. The van der Waals surface area contributed by atoms with Crippen molar-refractivity contribution >= 4 is 29.0 Å². The fourth-order valence-electron chi connectivity index (χ4n) is 4.81. The van der Waals surface area contributed by atoms with Crippen molar-refractivity contribution < 1.29 is 19.4 Å². The maximum atomic E-state index is 13.7. The number of anilines is 1. The molecule has 1 fully saturated rings. The largest absolute Gasteiger partial charge is 0.507 e. The van der Waals surface area contributed by atoms with E-state index in [4.69, 9.17) is 9.72 Å². The molecule has 40 heavy (non-hydrogen) atoms. The van der Waals surface area contributed by atoms with E-state index in [1.165, 1.54) is 23.7 Å². The molecule has 0 bridgehead atoms. The molecule has 1 aromatic carbocycles. The molecular weight excluding hydrogens is 516 g/mol. The Morgan fingerprint density at radius 3 is 2.60 bits per heavy atom. The third-order valence-corrected chi connectivity index (χ3v) is 6.67. The predicted octanol–water partition coefficient (Wildman–Crippen LogP) is 2.55. The van der Waals surface area contributed by atoms with Gasteiger partial charge in [-0.05, 0) is 52.7 Å². The van der Waals surface area contributed by atoms with Gasteiger partial charge in [0.1, 0.15) is 11.4 Å². The van der Waals surface area contributed by atoms with Gasteiger partial charge in [0, 0.05) is 32.7 Å². The summed E-state index contributed by atoms with van der Waals surface area (Å²) in [5.74, 6) is -0.303. The van der Waals surface area contributed by atoms with Crippen LogP contribution in [0.4, 0.5) is 10.7 Å². The minimum atomic E-state index is -0.688. The number of nitrogens with one attached hydrogen (secondary N) is 1. The van der Waals surface area contributed by atoms with E-state index in [1.54, 1.807) is 37.5 Å². The minimum absolute atomic E-state index is 0.0245. The summed E-state index contributed by atoms with van der Waals surface area (Å²) >= 11 is 0. The summed E-state index contributed by atoms with van der Waals surface area (Å²) in [6.45, 7) is 8.12. The van der Waals surface area contributed by atoms with Gasteiger partial charge >= 0.3 is 11.8 Å². The number of fused-ring (bicyclic) bond motifs is 1. The highest BCUT2D eigenvalue weighted by molar-refractivity contribution is 5.98. The van der Waals surface area contributed by atoms with Gasteiger partial charge in [0.05, 0.1) is 12.1 Å². The number of para-hydroxylation sites is 1. The maximum absolute atomic E-state index is 13.7. The lowest BCUT2D eigenvalue weighted by Gasteiger charge is -2.34. The monoisotopic (exact) mass is 552 g/mol. The number of imidazole rings is 1. The second-order valence-electron chi connectivity index (χ2n) is 10.9. The maximum Gasteiger partial charge on any atom is 0.407 e. The molecule has 214 valence electrons. The number of allylic oxidation sites excluding steroid dienone is 2. The highest BCUT2D eigenvalue weighted by atomic mass is 16.6. The number of phenolic OH excluding ortho intramolecular Hbond substituents is 1. The van der Waals surface area contributed by atoms with Crippen LogP contribution in [0.5, 0.6) is 5.75 Å². The van der Waals surface area contributed by atoms with E-state index >= 15 is 0 Å². The van der Waals surface area contributed by atoms with Gasteiger partial charge < -0.3 is 24.6 Å². The number of nitrogens with zero attached hydrogens (tertiary/aromatic N) is 5.